The molecule has 0 atom stereocenters. The number of imidazole rings is 1. The van der Waals surface area contributed by atoms with E-state index in [4.69, 9.17) is 0 Å². The minimum absolute atomic E-state index is 0.0634. The molecule has 0 fully saturated rings. The van der Waals surface area contributed by atoms with Crippen LogP contribution in [0.2, 0.25) is 0 Å². The smallest absolute Gasteiger partial charge is 0.240 e. The zero-order chi connectivity index (χ0) is 13.8. The molecule has 1 heterocycles. The van der Waals surface area contributed by atoms with Crippen LogP contribution in [0.3, 0.4) is 0 Å². The quantitative estimate of drug-likeness (QED) is 0.852. The van der Waals surface area contributed by atoms with Crippen molar-refractivity contribution in [1.82, 2.24) is 14.9 Å². The standard InChI is InChI=1S/C14H19N3O2/c1-10(2)7-15-14(19)8-17-12-6-4-3-5-11(12)16-13(17)9-18/h3-6,10,18H,7-9H2,1-2H3,(H,15,19). The molecule has 19 heavy (non-hydrogen) atoms. The summed E-state index contributed by atoms with van der Waals surface area (Å²) in [6.07, 6.45) is 0. The third-order valence-electron chi connectivity index (χ3n) is 2.88. The monoisotopic (exact) mass is 261 g/mol. The fourth-order valence-corrected chi connectivity index (χ4v) is 1.94. The van der Waals surface area contributed by atoms with E-state index in [2.05, 4.69) is 10.3 Å². The second kappa shape index (κ2) is 5.84. The highest BCUT2D eigenvalue weighted by Crippen LogP contribution is 2.15. The molecule has 0 bridgehead atoms. The van der Waals surface area contributed by atoms with Crippen LogP contribution in [0.15, 0.2) is 24.3 Å². The average molecular weight is 261 g/mol. The Morgan fingerprint density at radius 3 is 2.84 bits per heavy atom. The summed E-state index contributed by atoms with van der Waals surface area (Å²) in [5, 5.41) is 12.2. The van der Waals surface area contributed by atoms with Gasteiger partial charge in [-0.05, 0) is 18.1 Å². The molecule has 0 saturated heterocycles. The number of aliphatic hydroxyl groups excluding tert-OH is 1. The van der Waals surface area contributed by atoms with Crippen molar-refractivity contribution in [2.45, 2.75) is 27.0 Å². The lowest BCUT2D eigenvalue weighted by molar-refractivity contribution is -0.121. The van der Waals surface area contributed by atoms with E-state index in [9.17, 15) is 9.90 Å². The van der Waals surface area contributed by atoms with Gasteiger partial charge in [-0.15, -0.1) is 0 Å². The molecule has 2 N–H and O–H groups in total. The predicted octanol–water partition coefficient (Wildman–Crippen LogP) is 1.30. The number of benzene rings is 1. The first-order chi connectivity index (χ1) is 9.11. The Kier molecular flexibility index (Phi) is 4.16. The number of carbonyl (C=O) groups is 1. The van der Waals surface area contributed by atoms with Gasteiger partial charge in [0.15, 0.2) is 0 Å². The molecule has 5 nitrogen and oxygen atoms in total. The largest absolute Gasteiger partial charge is 0.388 e. The second-order valence-electron chi connectivity index (χ2n) is 4.96. The van der Waals surface area contributed by atoms with Gasteiger partial charge in [-0.3, -0.25) is 4.79 Å². The van der Waals surface area contributed by atoms with Crippen molar-refractivity contribution in [2.75, 3.05) is 6.54 Å². The summed E-state index contributed by atoms with van der Waals surface area (Å²) in [5.74, 6) is 0.869. The molecule has 0 spiro atoms. The molecular formula is C14H19N3O2. The van der Waals surface area contributed by atoms with Gasteiger partial charge in [0.25, 0.3) is 0 Å². The van der Waals surface area contributed by atoms with Gasteiger partial charge in [0.2, 0.25) is 5.91 Å². The fourth-order valence-electron chi connectivity index (χ4n) is 1.94. The number of hydrogen-bond acceptors (Lipinski definition) is 3. The minimum Gasteiger partial charge on any atom is -0.388 e. The maximum atomic E-state index is 11.9. The maximum absolute atomic E-state index is 11.9. The fraction of sp³-hybridized carbons (Fsp3) is 0.429. The molecule has 1 amide bonds. The third-order valence-corrected chi connectivity index (χ3v) is 2.88. The van der Waals surface area contributed by atoms with Gasteiger partial charge in [0, 0.05) is 6.54 Å². The minimum atomic E-state index is -0.174. The van der Waals surface area contributed by atoms with Gasteiger partial charge >= 0.3 is 0 Å². The van der Waals surface area contributed by atoms with Gasteiger partial charge in [0.1, 0.15) is 19.0 Å². The first-order valence-corrected chi connectivity index (χ1v) is 6.43. The first kappa shape index (κ1) is 13.5. The molecule has 2 aromatic rings. The molecule has 2 rings (SSSR count). The van der Waals surface area contributed by atoms with E-state index in [-0.39, 0.29) is 19.1 Å². The third kappa shape index (κ3) is 3.12. The highest BCUT2D eigenvalue weighted by Gasteiger charge is 2.12. The number of aliphatic hydroxyl groups is 1. The van der Waals surface area contributed by atoms with Crippen LogP contribution in [-0.2, 0) is 17.9 Å². The Morgan fingerprint density at radius 2 is 2.16 bits per heavy atom. The maximum Gasteiger partial charge on any atom is 0.240 e. The topological polar surface area (TPSA) is 67.2 Å². The Balaban J connectivity index is 2.21. The van der Waals surface area contributed by atoms with Gasteiger partial charge in [-0.2, -0.15) is 0 Å². The van der Waals surface area contributed by atoms with Crippen molar-refractivity contribution in [3.05, 3.63) is 30.1 Å². The highest BCUT2D eigenvalue weighted by atomic mass is 16.3. The lowest BCUT2D eigenvalue weighted by Gasteiger charge is -2.10. The van der Waals surface area contributed by atoms with Crippen LogP contribution in [0.25, 0.3) is 11.0 Å². The van der Waals surface area contributed by atoms with E-state index in [1.54, 1.807) is 4.57 Å². The Bertz CT molecular complexity index is 575. The Morgan fingerprint density at radius 1 is 1.42 bits per heavy atom. The first-order valence-electron chi connectivity index (χ1n) is 6.43. The molecule has 0 radical (unpaired) electrons. The van der Waals surface area contributed by atoms with Gasteiger partial charge in [-0.25, -0.2) is 4.98 Å². The van der Waals surface area contributed by atoms with Crippen LogP contribution < -0.4 is 5.32 Å². The number of fused-ring (bicyclic) bond motifs is 1. The zero-order valence-corrected chi connectivity index (χ0v) is 11.3. The zero-order valence-electron chi connectivity index (χ0n) is 11.3. The molecule has 1 aromatic heterocycles. The molecule has 102 valence electrons. The van der Waals surface area contributed by atoms with Crippen LogP contribution in [0.1, 0.15) is 19.7 Å². The molecule has 0 aliphatic carbocycles. The van der Waals surface area contributed by atoms with E-state index in [0.29, 0.717) is 18.3 Å². The van der Waals surface area contributed by atoms with Crippen LogP contribution in [-0.4, -0.2) is 27.1 Å². The van der Waals surface area contributed by atoms with Gasteiger partial charge in [0.05, 0.1) is 11.0 Å². The molecule has 0 aliphatic heterocycles. The number of hydrogen-bond donors (Lipinski definition) is 2. The molecule has 5 heteroatoms. The van der Waals surface area contributed by atoms with E-state index >= 15 is 0 Å². The lowest BCUT2D eigenvalue weighted by atomic mass is 10.2. The number of amides is 1. The number of rotatable bonds is 5. The SMILES string of the molecule is CC(C)CNC(=O)Cn1c(CO)nc2ccccc21. The molecule has 0 aliphatic rings. The second-order valence-corrected chi connectivity index (χ2v) is 4.96. The number of carbonyl (C=O) groups excluding carboxylic acids is 1. The van der Waals surface area contributed by atoms with Crippen molar-refractivity contribution < 1.29 is 9.90 Å². The summed E-state index contributed by atoms with van der Waals surface area (Å²) < 4.78 is 1.75. The van der Waals surface area contributed by atoms with E-state index in [1.165, 1.54) is 0 Å². The van der Waals surface area contributed by atoms with Crippen LogP contribution >= 0.6 is 0 Å². The van der Waals surface area contributed by atoms with Crippen molar-refractivity contribution >= 4 is 16.9 Å². The number of aromatic nitrogens is 2. The number of nitrogens with one attached hydrogen (secondary N) is 1. The molecular weight excluding hydrogens is 242 g/mol. The summed E-state index contributed by atoms with van der Waals surface area (Å²) in [5.41, 5.74) is 1.66. The normalized spacial score (nSPS) is 11.2. The van der Waals surface area contributed by atoms with E-state index < -0.39 is 0 Å². The Labute approximate surface area is 112 Å². The van der Waals surface area contributed by atoms with Crippen molar-refractivity contribution in [1.29, 1.82) is 0 Å². The van der Waals surface area contributed by atoms with Crippen LogP contribution in [0.4, 0.5) is 0 Å². The lowest BCUT2D eigenvalue weighted by Crippen LogP contribution is -2.31. The number of para-hydroxylation sites is 2. The van der Waals surface area contributed by atoms with Crippen molar-refractivity contribution in [2.24, 2.45) is 5.92 Å². The summed E-state index contributed by atoms with van der Waals surface area (Å²) in [7, 11) is 0. The van der Waals surface area contributed by atoms with Crippen LogP contribution in [0, 0.1) is 5.92 Å². The average Bonchev–Trinajstić information content (AvgIpc) is 2.75. The molecule has 0 unspecified atom stereocenters. The predicted molar refractivity (Wildman–Crippen MR) is 73.5 cm³/mol. The van der Waals surface area contributed by atoms with Crippen molar-refractivity contribution in [3.63, 3.8) is 0 Å². The summed E-state index contributed by atoms with van der Waals surface area (Å²) in [4.78, 5) is 16.2. The van der Waals surface area contributed by atoms with E-state index in [0.717, 1.165) is 11.0 Å². The Hall–Kier alpha value is -1.88. The van der Waals surface area contributed by atoms with Gasteiger partial charge in [-0.1, -0.05) is 26.0 Å². The summed E-state index contributed by atoms with van der Waals surface area (Å²) in [6.45, 7) is 4.76. The van der Waals surface area contributed by atoms with Crippen LogP contribution in [0.5, 0.6) is 0 Å². The molecule has 1 aromatic carbocycles. The summed E-state index contributed by atoms with van der Waals surface area (Å²) in [6, 6.07) is 7.56. The highest BCUT2D eigenvalue weighted by molar-refractivity contribution is 5.81. The number of nitrogens with zero attached hydrogens (tertiary/aromatic N) is 2. The summed E-state index contributed by atoms with van der Waals surface area (Å²) >= 11 is 0. The molecule has 0 saturated carbocycles. The van der Waals surface area contributed by atoms with E-state index in [1.807, 2.05) is 38.1 Å². The van der Waals surface area contributed by atoms with Crippen molar-refractivity contribution in [3.8, 4) is 0 Å². The van der Waals surface area contributed by atoms with Gasteiger partial charge < -0.3 is 15.0 Å².